The number of likely N-dealkylation sites (tertiary alicyclic amines) is 1. The summed E-state index contributed by atoms with van der Waals surface area (Å²) in [5.41, 5.74) is -1.23. The van der Waals surface area contributed by atoms with Crippen LogP contribution in [0, 0.1) is 0 Å². The summed E-state index contributed by atoms with van der Waals surface area (Å²) in [6, 6.07) is 0. The molecule has 2 atom stereocenters. The maximum Gasteiger partial charge on any atom is 0.329 e. The van der Waals surface area contributed by atoms with Crippen LogP contribution < -0.4 is 0 Å². The van der Waals surface area contributed by atoms with Crippen LogP contribution in [0.25, 0.3) is 0 Å². The lowest BCUT2D eigenvalue weighted by molar-refractivity contribution is -0.156. The molecule has 1 fully saturated rings. The molecular weight excluding hydrogens is 270 g/mol. The van der Waals surface area contributed by atoms with Gasteiger partial charge in [-0.3, -0.25) is 4.79 Å². The number of nitrogens with zero attached hydrogens (tertiary/aromatic N) is 1. The molecule has 7 heteroatoms. The Morgan fingerprint density at radius 2 is 2.00 bits per heavy atom. The summed E-state index contributed by atoms with van der Waals surface area (Å²) in [4.78, 5) is 25.1. The van der Waals surface area contributed by atoms with Crippen molar-refractivity contribution in [2.24, 2.45) is 0 Å². The van der Waals surface area contributed by atoms with Crippen LogP contribution in [0.4, 0.5) is 0 Å². The van der Waals surface area contributed by atoms with Gasteiger partial charge in [0.15, 0.2) is 9.84 Å². The van der Waals surface area contributed by atoms with Crippen LogP contribution in [-0.4, -0.2) is 53.9 Å². The van der Waals surface area contributed by atoms with Gasteiger partial charge in [-0.25, -0.2) is 13.2 Å². The molecule has 1 aliphatic heterocycles. The van der Waals surface area contributed by atoms with E-state index in [0.717, 1.165) is 6.26 Å². The molecule has 2 unspecified atom stereocenters. The number of sulfone groups is 1. The van der Waals surface area contributed by atoms with Crippen LogP contribution in [-0.2, 0) is 19.4 Å². The molecule has 0 bridgehead atoms. The van der Waals surface area contributed by atoms with E-state index in [9.17, 15) is 23.1 Å². The van der Waals surface area contributed by atoms with Gasteiger partial charge in [-0.2, -0.15) is 0 Å². The summed E-state index contributed by atoms with van der Waals surface area (Å²) < 4.78 is 22.9. The number of carboxylic acid groups (broad SMARTS) is 1. The molecule has 1 N–H and O–H groups in total. The average Bonchev–Trinajstić information content (AvgIpc) is 2.71. The van der Waals surface area contributed by atoms with Crippen molar-refractivity contribution in [2.75, 3.05) is 12.8 Å². The second-order valence-corrected chi connectivity index (χ2v) is 7.52. The van der Waals surface area contributed by atoms with Crippen LogP contribution >= 0.6 is 0 Å². The van der Waals surface area contributed by atoms with Crippen molar-refractivity contribution in [3.63, 3.8) is 0 Å². The topological polar surface area (TPSA) is 91.8 Å². The first kappa shape index (κ1) is 15.9. The minimum absolute atomic E-state index is 0.311. The van der Waals surface area contributed by atoms with Crippen LogP contribution in [0.2, 0.25) is 0 Å². The predicted molar refractivity (Wildman–Crippen MR) is 70.5 cm³/mol. The largest absolute Gasteiger partial charge is 0.479 e. The number of rotatable bonds is 5. The number of aliphatic carboxylic acids is 1. The van der Waals surface area contributed by atoms with E-state index >= 15 is 0 Å². The van der Waals surface area contributed by atoms with Gasteiger partial charge in [-0.1, -0.05) is 13.3 Å². The number of carbonyl (C=O) groups excluding carboxylic acids is 1. The Bertz CT molecular complexity index is 473. The van der Waals surface area contributed by atoms with Crippen molar-refractivity contribution in [2.45, 2.75) is 50.3 Å². The third-order valence-corrected chi connectivity index (χ3v) is 5.29. The van der Waals surface area contributed by atoms with Gasteiger partial charge in [0.25, 0.3) is 0 Å². The fourth-order valence-electron chi connectivity index (χ4n) is 2.61. The third kappa shape index (κ3) is 2.91. The van der Waals surface area contributed by atoms with Crippen molar-refractivity contribution >= 4 is 21.7 Å². The minimum atomic E-state index is -3.51. The summed E-state index contributed by atoms with van der Waals surface area (Å²) >= 11 is 0. The van der Waals surface area contributed by atoms with Gasteiger partial charge in [0, 0.05) is 12.8 Å². The zero-order valence-corrected chi connectivity index (χ0v) is 12.4. The van der Waals surface area contributed by atoms with E-state index in [0.29, 0.717) is 32.2 Å². The van der Waals surface area contributed by atoms with Crippen molar-refractivity contribution in [1.29, 1.82) is 0 Å². The van der Waals surface area contributed by atoms with Gasteiger partial charge < -0.3 is 10.0 Å². The highest BCUT2D eigenvalue weighted by Gasteiger charge is 2.50. The van der Waals surface area contributed by atoms with Crippen LogP contribution in [0.3, 0.4) is 0 Å². The molecule has 1 saturated heterocycles. The van der Waals surface area contributed by atoms with Gasteiger partial charge in [-0.15, -0.1) is 0 Å². The maximum absolute atomic E-state index is 12.3. The number of hydrogen-bond acceptors (Lipinski definition) is 4. The number of hydrogen-bond donors (Lipinski definition) is 1. The Balaban J connectivity index is 3.10. The number of carboxylic acids is 1. The Morgan fingerprint density at radius 1 is 1.42 bits per heavy atom. The molecule has 0 radical (unpaired) electrons. The maximum atomic E-state index is 12.3. The summed E-state index contributed by atoms with van der Waals surface area (Å²) in [7, 11) is -3.51. The Morgan fingerprint density at radius 3 is 2.42 bits per heavy atom. The summed E-state index contributed by atoms with van der Waals surface area (Å²) in [6.07, 6.45) is 2.95. The molecule has 1 aliphatic rings. The standard InChI is InChI=1S/C12H21NO5S/c1-4-6-12(11(15)16)7-5-8-13(12)10(14)9(2)19(3,17)18/h9H,4-8H2,1-3H3,(H,15,16). The van der Waals surface area contributed by atoms with Gasteiger partial charge in [0.05, 0.1) is 0 Å². The first-order valence-corrected chi connectivity index (χ1v) is 8.36. The van der Waals surface area contributed by atoms with E-state index in [1.165, 1.54) is 11.8 Å². The SMILES string of the molecule is CCCC1(C(=O)O)CCCN1C(=O)C(C)S(C)(=O)=O. The molecule has 0 aliphatic carbocycles. The van der Waals surface area contributed by atoms with Crippen molar-refractivity contribution in [1.82, 2.24) is 4.90 Å². The molecule has 0 aromatic carbocycles. The molecule has 110 valence electrons. The zero-order valence-electron chi connectivity index (χ0n) is 11.5. The third-order valence-electron chi connectivity index (χ3n) is 3.81. The second-order valence-electron chi connectivity index (χ2n) is 5.15. The molecule has 1 rings (SSSR count). The molecule has 0 saturated carbocycles. The molecule has 6 nitrogen and oxygen atoms in total. The quantitative estimate of drug-likeness (QED) is 0.803. The highest BCUT2D eigenvalue weighted by Crippen LogP contribution is 2.35. The molecule has 1 amide bonds. The fraction of sp³-hybridized carbons (Fsp3) is 0.833. The lowest BCUT2D eigenvalue weighted by Crippen LogP contribution is -2.56. The Hall–Kier alpha value is -1.11. The molecule has 1 heterocycles. The molecule has 0 aromatic heterocycles. The number of amides is 1. The van der Waals surface area contributed by atoms with E-state index < -0.39 is 32.5 Å². The fourth-order valence-corrected chi connectivity index (χ4v) is 3.10. The Labute approximate surface area is 113 Å². The van der Waals surface area contributed by atoms with Gasteiger partial charge in [0.2, 0.25) is 5.91 Å². The second kappa shape index (κ2) is 5.48. The summed E-state index contributed by atoms with van der Waals surface area (Å²) in [5.74, 6) is -1.64. The molecular formula is C12H21NO5S. The summed E-state index contributed by atoms with van der Waals surface area (Å²) in [5, 5.41) is 8.26. The first-order valence-electron chi connectivity index (χ1n) is 6.40. The van der Waals surface area contributed by atoms with Crippen molar-refractivity contribution in [3.05, 3.63) is 0 Å². The highest BCUT2D eigenvalue weighted by atomic mass is 32.2. The van der Waals surface area contributed by atoms with E-state index in [-0.39, 0.29) is 0 Å². The van der Waals surface area contributed by atoms with Crippen molar-refractivity contribution < 1.29 is 23.1 Å². The lowest BCUT2D eigenvalue weighted by Gasteiger charge is -2.35. The lowest BCUT2D eigenvalue weighted by atomic mass is 9.90. The van der Waals surface area contributed by atoms with Crippen LogP contribution in [0.5, 0.6) is 0 Å². The smallest absolute Gasteiger partial charge is 0.329 e. The highest BCUT2D eigenvalue weighted by molar-refractivity contribution is 7.92. The van der Waals surface area contributed by atoms with Gasteiger partial charge in [-0.05, 0) is 26.2 Å². The molecule has 19 heavy (non-hydrogen) atoms. The Kier molecular flexibility index (Phi) is 4.60. The number of carbonyl (C=O) groups is 2. The van der Waals surface area contributed by atoms with Crippen molar-refractivity contribution in [3.8, 4) is 0 Å². The van der Waals surface area contributed by atoms with Gasteiger partial charge >= 0.3 is 5.97 Å². The zero-order chi connectivity index (χ0) is 14.8. The minimum Gasteiger partial charge on any atom is -0.479 e. The van der Waals surface area contributed by atoms with Gasteiger partial charge in [0.1, 0.15) is 10.8 Å². The average molecular weight is 291 g/mol. The van der Waals surface area contributed by atoms with E-state index in [2.05, 4.69) is 0 Å². The molecule has 0 aromatic rings. The van der Waals surface area contributed by atoms with Crippen LogP contribution in [0.1, 0.15) is 39.5 Å². The normalized spacial score (nSPS) is 25.3. The van der Waals surface area contributed by atoms with Crippen LogP contribution in [0.15, 0.2) is 0 Å². The molecule has 0 spiro atoms. The summed E-state index contributed by atoms with van der Waals surface area (Å²) in [6.45, 7) is 3.48. The first-order chi connectivity index (χ1) is 8.66. The van der Waals surface area contributed by atoms with E-state index in [1.807, 2.05) is 6.92 Å². The van der Waals surface area contributed by atoms with E-state index in [4.69, 9.17) is 0 Å². The monoisotopic (exact) mass is 291 g/mol. The predicted octanol–water partition coefficient (Wildman–Crippen LogP) is 0.665. The van der Waals surface area contributed by atoms with E-state index in [1.54, 1.807) is 0 Å².